The standard InChI is InChI=1S/C21H23NO2/c1-2-24-21(23)13-10-17-9-12-20-19(14-17)18(15-22-20)11-8-16-6-4-3-5-7-16/h3-7,9,12,14-15,22H,2,8,10-11,13H2,1H3. The van der Waals surface area contributed by atoms with Crippen LogP contribution in [0.25, 0.3) is 10.9 Å². The molecule has 0 aliphatic carbocycles. The highest BCUT2D eigenvalue weighted by Gasteiger charge is 2.07. The molecular weight excluding hydrogens is 298 g/mol. The summed E-state index contributed by atoms with van der Waals surface area (Å²) in [6, 6.07) is 16.9. The van der Waals surface area contributed by atoms with E-state index in [1.54, 1.807) is 0 Å². The number of rotatable bonds is 7. The van der Waals surface area contributed by atoms with Crippen molar-refractivity contribution in [3.63, 3.8) is 0 Å². The quantitative estimate of drug-likeness (QED) is 0.653. The number of fused-ring (bicyclic) bond motifs is 1. The van der Waals surface area contributed by atoms with E-state index in [0.29, 0.717) is 13.0 Å². The normalized spacial score (nSPS) is 10.9. The number of aryl methyl sites for hydroxylation is 3. The number of carbonyl (C=O) groups excluding carboxylic acids is 1. The van der Waals surface area contributed by atoms with E-state index in [1.165, 1.54) is 22.1 Å². The number of H-pyrrole nitrogens is 1. The number of hydrogen-bond acceptors (Lipinski definition) is 2. The Morgan fingerprint density at radius 1 is 1.00 bits per heavy atom. The summed E-state index contributed by atoms with van der Waals surface area (Å²) in [6.07, 6.45) is 5.29. The molecule has 0 unspecified atom stereocenters. The van der Waals surface area contributed by atoms with Gasteiger partial charge in [0.25, 0.3) is 0 Å². The molecule has 0 saturated heterocycles. The van der Waals surface area contributed by atoms with Crippen LogP contribution in [0.15, 0.2) is 54.7 Å². The first-order chi connectivity index (χ1) is 11.8. The molecule has 2 aromatic carbocycles. The van der Waals surface area contributed by atoms with Crippen molar-refractivity contribution in [3.8, 4) is 0 Å². The van der Waals surface area contributed by atoms with Crippen LogP contribution in [0.3, 0.4) is 0 Å². The van der Waals surface area contributed by atoms with Gasteiger partial charge in [-0.3, -0.25) is 4.79 Å². The van der Waals surface area contributed by atoms with E-state index in [1.807, 2.05) is 13.0 Å². The first-order valence-electron chi connectivity index (χ1n) is 8.54. The minimum Gasteiger partial charge on any atom is -0.466 e. The Hall–Kier alpha value is -2.55. The average molecular weight is 321 g/mol. The maximum absolute atomic E-state index is 11.5. The fourth-order valence-corrected chi connectivity index (χ4v) is 2.99. The second-order valence-corrected chi connectivity index (χ2v) is 5.98. The third kappa shape index (κ3) is 4.05. The Labute approximate surface area is 142 Å². The van der Waals surface area contributed by atoms with Gasteiger partial charge in [0.1, 0.15) is 0 Å². The first-order valence-corrected chi connectivity index (χ1v) is 8.54. The van der Waals surface area contributed by atoms with Gasteiger partial charge in [0.05, 0.1) is 6.61 Å². The number of aromatic amines is 1. The van der Waals surface area contributed by atoms with E-state index in [9.17, 15) is 4.79 Å². The lowest BCUT2D eigenvalue weighted by molar-refractivity contribution is -0.143. The van der Waals surface area contributed by atoms with E-state index in [0.717, 1.165) is 24.8 Å². The zero-order valence-electron chi connectivity index (χ0n) is 14.0. The second-order valence-electron chi connectivity index (χ2n) is 5.98. The van der Waals surface area contributed by atoms with Crippen LogP contribution in [0.2, 0.25) is 0 Å². The molecule has 1 heterocycles. The van der Waals surface area contributed by atoms with Crippen LogP contribution in [0.5, 0.6) is 0 Å². The molecule has 0 aliphatic rings. The highest BCUT2D eigenvalue weighted by atomic mass is 16.5. The SMILES string of the molecule is CCOC(=O)CCc1ccc2[nH]cc(CCc3ccccc3)c2c1. The molecule has 1 aromatic heterocycles. The highest BCUT2D eigenvalue weighted by Crippen LogP contribution is 2.22. The molecule has 0 aliphatic heterocycles. The molecule has 24 heavy (non-hydrogen) atoms. The summed E-state index contributed by atoms with van der Waals surface area (Å²) >= 11 is 0. The van der Waals surface area contributed by atoms with Gasteiger partial charge in [-0.05, 0) is 55.0 Å². The predicted molar refractivity (Wildman–Crippen MR) is 97.1 cm³/mol. The predicted octanol–water partition coefficient (Wildman–Crippen LogP) is 4.45. The van der Waals surface area contributed by atoms with Crippen LogP contribution in [0, 0.1) is 0 Å². The highest BCUT2D eigenvalue weighted by molar-refractivity contribution is 5.84. The van der Waals surface area contributed by atoms with Crippen molar-refractivity contribution in [1.82, 2.24) is 4.98 Å². The van der Waals surface area contributed by atoms with Gasteiger partial charge in [0.15, 0.2) is 0 Å². The molecule has 0 radical (unpaired) electrons. The van der Waals surface area contributed by atoms with Crippen molar-refractivity contribution in [2.75, 3.05) is 6.61 Å². The molecule has 0 saturated carbocycles. The molecule has 3 nitrogen and oxygen atoms in total. The second kappa shape index (κ2) is 7.82. The van der Waals surface area contributed by atoms with E-state index in [2.05, 4.69) is 53.6 Å². The number of aromatic nitrogens is 1. The molecule has 0 atom stereocenters. The molecule has 3 heteroatoms. The molecule has 0 bridgehead atoms. The number of nitrogens with one attached hydrogen (secondary N) is 1. The number of benzene rings is 2. The topological polar surface area (TPSA) is 42.1 Å². The minimum atomic E-state index is -0.129. The van der Waals surface area contributed by atoms with Gasteiger partial charge in [0, 0.05) is 23.5 Å². The lowest BCUT2D eigenvalue weighted by atomic mass is 10.0. The Morgan fingerprint density at radius 3 is 2.62 bits per heavy atom. The third-order valence-electron chi connectivity index (χ3n) is 4.28. The molecule has 3 aromatic rings. The van der Waals surface area contributed by atoms with Crippen molar-refractivity contribution in [1.29, 1.82) is 0 Å². The van der Waals surface area contributed by atoms with Crippen LogP contribution >= 0.6 is 0 Å². The zero-order valence-corrected chi connectivity index (χ0v) is 14.0. The van der Waals surface area contributed by atoms with Gasteiger partial charge in [-0.25, -0.2) is 0 Å². The van der Waals surface area contributed by atoms with E-state index < -0.39 is 0 Å². The Kier molecular flexibility index (Phi) is 5.32. The van der Waals surface area contributed by atoms with Gasteiger partial charge in [-0.1, -0.05) is 36.4 Å². The van der Waals surface area contributed by atoms with Gasteiger partial charge < -0.3 is 9.72 Å². The summed E-state index contributed by atoms with van der Waals surface area (Å²) in [7, 11) is 0. The van der Waals surface area contributed by atoms with Gasteiger partial charge in [-0.2, -0.15) is 0 Å². The number of carbonyl (C=O) groups is 1. The summed E-state index contributed by atoms with van der Waals surface area (Å²) in [5, 5.41) is 1.26. The zero-order chi connectivity index (χ0) is 16.8. The maximum Gasteiger partial charge on any atom is 0.306 e. The first kappa shape index (κ1) is 16.3. The fraction of sp³-hybridized carbons (Fsp3) is 0.286. The van der Waals surface area contributed by atoms with Crippen LogP contribution in [0.1, 0.15) is 30.0 Å². The number of ether oxygens (including phenoxy) is 1. The van der Waals surface area contributed by atoms with E-state index in [4.69, 9.17) is 4.74 Å². The Balaban J connectivity index is 1.70. The van der Waals surface area contributed by atoms with Crippen molar-refractivity contribution in [3.05, 3.63) is 71.4 Å². The molecule has 0 amide bonds. The van der Waals surface area contributed by atoms with Crippen molar-refractivity contribution in [2.24, 2.45) is 0 Å². The summed E-state index contributed by atoms with van der Waals surface area (Å²) in [5.41, 5.74) is 5.01. The third-order valence-corrected chi connectivity index (χ3v) is 4.28. The van der Waals surface area contributed by atoms with Crippen LogP contribution in [-0.2, 0) is 28.8 Å². The van der Waals surface area contributed by atoms with Crippen LogP contribution in [0.4, 0.5) is 0 Å². The molecule has 124 valence electrons. The molecule has 0 spiro atoms. The monoisotopic (exact) mass is 321 g/mol. The Bertz CT molecular complexity index is 805. The molecular formula is C21H23NO2. The summed E-state index contributed by atoms with van der Waals surface area (Å²) in [4.78, 5) is 14.9. The van der Waals surface area contributed by atoms with Crippen LogP contribution < -0.4 is 0 Å². The number of esters is 1. The lowest BCUT2D eigenvalue weighted by Gasteiger charge is -2.04. The average Bonchev–Trinajstić information content (AvgIpc) is 3.02. The van der Waals surface area contributed by atoms with Gasteiger partial charge in [0.2, 0.25) is 0 Å². The van der Waals surface area contributed by atoms with Crippen molar-refractivity contribution < 1.29 is 9.53 Å². The summed E-state index contributed by atoms with van der Waals surface area (Å²) in [5.74, 6) is -0.129. The smallest absolute Gasteiger partial charge is 0.306 e. The Morgan fingerprint density at radius 2 is 1.83 bits per heavy atom. The largest absolute Gasteiger partial charge is 0.466 e. The maximum atomic E-state index is 11.5. The minimum absolute atomic E-state index is 0.129. The summed E-state index contributed by atoms with van der Waals surface area (Å²) in [6.45, 7) is 2.28. The number of hydrogen-bond donors (Lipinski definition) is 1. The summed E-state index contributed by atoms with van der Waals surface area (Å²) < 4.78 is 5.00. The van der Waals surface area contributed by atoms with Gasteiger partial charge in [-0.15, -0.1) is 0 Å². The molecule has 1 N–H and O–H groups in total. The van der Waals surface area contributed by atoms with Gasteiger partial charge >= 0.3 is 5.97 Å². The van der Waals surface area contributed by atoms with E-state index in [-0.39, 0.29) is 5.97 Å². The van der Waals surface area contributed by atoms with E-state index >= 15 is 0 Å². The molecule has 0 fully saturated rings. The van der Waals surface area contributed by atoms with Crippen LogP contribution in [-0.4, -0.2) is 17.6 Å². The fourth-order valence-electron chi connectivity index (χ4n) is 2.99. The lowest BCUT2D eigenvalue weighted by Crippen LogP contribution is -2.05. The molecule has 3 rings (SSSR count). The van der Waals surface area contributed by atoms with Crippen molar-refractivity contribution >= 4 is 16.9 Å². The van der Waals surface area contributed by atoms with Crippen molar-refractivity contribution in [2.45, 2.75) is 32.6 Å².